The number of aliphatic carboxylic acids is 1. The number of likely N-dealkylation sites (tertiary alicyclic amines) is 1. The summed E-state index contributed by atoms with van der Waals surface area (Å²) in [6.07, 6.45) is 0.432. The molecule has 1 aliphatic heterocycles. The molecule has 9 heteroatoms. The fraction of sp³-hybridized carbons (Fsp3) is 0.290. The number of carboxylic acids is 1. The molecule has 1 saturated heterocycles. The van der Waals surface area contributed by atoms with Gasteiger partial charge in [0.15, 0.2) is 0 Å². The third-order valence-electron chi connectivity index (χ3n) is 7.50. The molecule has 40 heavy (non-hydrogen) atoms. The van der Waals surface area contributed by atoms with Crippen LogP contribution in [0.4, 0.5) is 4.79 Å². The molecule has 1 fully saturated rings. The average molecular weight is 542 g/mol. The second kappa shape index (κ2) is 12.0. The highest BCUT2D eigenvalue weighted by molar-refractivity contribution is 5.92. The van der Waals surface area contributed by atoms with Gasteiger partial charge in [0.2, 0.25) is 11.8 Å². The maximum absolute atomic E-state index is 13.0. The van der Waals surface area contributed by atoms with E-state index in [4.69, 9.17) is 4.74 Å². The van der Waals surface area contributed by atoms with Crippen LogP contribution in [0.15, 0.2) is 78.9 Å². The Hall–Kier alpha value is -4.66. The Morgan fingerprint density at radius 3 is 2.17 bits per heavy atom. The summed E-state index contributed by atoms with van der Waals surface area (Å²) in [6, 6.07) is 23.1. The van der Waals surface area contributed by atoms with E-state index in [0.717, 1.165) is 27.8 Å². The number of benzene rings is 3. The summed E-state index contributed by atoms with van der Waals surface area (Å²) >= 11 is 0. The number of carbonyl (C=O) groups is 4. The summed E-state index contributed by atoms with van der Waals surface area (Å²) in [7, 11) is 0. The Kier molecular flexibility index (Phi) is 8.10. The lowest BCUT2D eigenvalue weighted by Crippen LogP contribution is -2.53. The summed E-state index contributed by atoms with van der Waals surface area (Å²) in [5, 5.41) is 14.7. The van der Waals surface area contributed by atoms with E-state index in [1.54, 1.807) is 24.3 Å². The number of fused-ring (bicyclic) bond motifs is 3. The number of nitrogens with one attached hydrogen (secondary N) is 2. The van der Waals surface area contributed by atoms with E-state index in [0.29, 0.717) is 19.4 Å². The zero-order chi connectivity index (χ0) is 28.1. The van der Waals surface area contributed by atoms with Crippen molar-refractivity contribution in [1.29, 1.82) is 0 Å². The number of carboxylic acid groups (broad SMARTS) is 1. The lowest BCUT2D eigenvalue weighted by atomic mass is 9.98. The molecular formula is C31H31N3O6. The SMILES string of the molecule is O=C(NCC(=O)N1CCC[C@H]1C(=O)N[C@@H](Cc1ccccc1)C(=O)O)OCC1c2ccccc2-c2ccccc21. The molecule has 1 aliphatic carbocycles. The minimum atomic E-state index is -1.15. The molecule has 2 aliphatic rings. The largest absolute Gasteiger partial charge is 0.480 e. The van der Waals surface area contributed by atoms with Gasteiger partial charge in [-0.3, -0.25) is 9.59 Å². The van der Waals surface area contributed by atoms with Crippen molar-refractivity contribution in [2.24, 2.45) is 0 Å². The molecule has 0 saturated carbocycles. The zero-order valence-corrected chi connectivity index (χ0v) is 21.9. The van der Waals surface area contributed by atoms with Crippen molar-refractivity contribution >= 4 is 23.9 Å². The topological polar surface area (TPSA) is 125 Å². The number of alkyl carbamates (subject to hydrolysis) is 1. The van der Waals surface area contributed by atoms with Crippen LogP contribution in [0.5, 0.6) is 0 Å². The molecule has 3 aromatic carbocycles. The van der Waals surface area contributed by atoms with E-state index < -0.39 is 36.0 Å². The molecule has 3 aromatic rings. The number of hydrogen-bond acceptors (Lipinski definition) is 5. The van der Waals surface area contributed by atoms with Crippen LogP contribution in [0.2, 0.25) is 0 Å². The molecule has 3 amide bonds. The van der Waals surface area contributed by atoms with Crippen molar-refractivity contribution in [2.75, 3.05) is 19.7 Å². The monoisotopic (exact) mass is 541 g/mol. The van der Waals surface area contributed by atoms with Gasteiger partial charge in [-0.05, 0) is 40.7 Å². The number of ether oxygens (including phenoxy) is 1. The van der Waals surface area contributed by atoms with Crippen molar-refractivity contribution in [3.05, 3.63) is 95.6 Å². The van der Waals surface area contributed by atoms with E-state index in [1.165, 1.54) is 4.90 Å². The first kappa shape index (κ1) is 26.9. The first-order chi connectivity index (χ1) is 19.4. The van der Waals surface area contributed by atoms with Crippen molar-refractivity contribution in [2.45, 2.75) is 37.3 Å². The molecular weight excluding hydrogens is 510 g/mol. The summed E-state index contributed by atoms with van der Waals surface area (Å²) in [6.45, 7) is 0.146. The van der Waals surface area contributed by atoms with E-state index >= 15 is 0 Å². The summed E-state index contributed by atoms with van der Waals surface area (Å²) in [5.41, 5.74) is 5.20. The maximum atomic E-state index is 13.0. The molecule has 0 aromatic heterocycles. The Labute approximate surface area is 232 Å². The van der Waals surface area contributed by atoms with Crippen LogP contribution in [0.1, 0.15) is 35.4 Å². The Morgan fingerprint density at radius 1 is 0.900 bits per heavy atom. The fourth-order valence-electron chi connectivity index (χ4n) is 5.55. The molecule has 1 heterocycles. The first-order valence-electron chi connectivity index (χ1n) is 13.4. The van der Waals surface area contributed by atoms with Gasteiger partial charge in [0.1, 0.15) is 25.2 Å². The van der Waals surface area contributed by atoms with Crippen molar-refractivity contribution in [1.82, 2.24) is 15.5 Å². The number of nitrogens with zero attached hydrogens (tertiary/aromatic N) is 1. The van der Waals surface area contributed by atoms with Crippen LogP contribution in [-0.2, 0) is 25.5 Å². The molecule has 0 radical (unpaired) electrons. The number of carbonyl (C=O) groups excluding carboxylic acids is 3. The number of hydrogen-bond donors (Lipinski definition) is 3. The van der Waals surface area contributed by atoms with Gasteiger partial charge in [-0.25, -0.2) is 9.59 Å². The molecule has 9 nitrogen and oxygen atoms in total. The van der Waals surface area contributed by atoms with Crippen LogP contribution in [0.25, 0.3) is 11.1 Å². The molecule has 206 valence electrons. The van der Waals surface area contributed by atoms with Crippen LogP contribution >= 0.6 is 0 Å². The number of amides is 3. The highest BCUT2D eigenvalue weighted by atomic mass is 16.5. The smallest absolute Gasteiger partial charge is 0.407 e. The van der Waals surface area contributed by atoms with E-state index in [1.807, 2.05) is 42.5 Å². The van der Waals surface area contributed by atoms with Crippen molar-refractivity contribution < 1.29 is 29.0 Å². The van der Waals surface area contributed by atoms with Gasteiger partial charge >= 0.3 is 12.1 Å². The van der Waals surface area contributed by atoms with Gasteiger partial charge in [0.25, 0.3) is 0 Å². The lowest BCUT2D eigenvalue weighted by Gasteiger charge is -2.25. The van der Waals surface area contributed by atoms with Crippen molar-refractivity contribution in [3.8, 4) is 11.1 Å². The maximum Gasteiger partial charge on any atom is 0.407 e. The van der Waals surface area contributed by atoms with Gasteiger partial charge in [-0.1, -0.05) is 78.9 Å². The van der Waals surface area contributed by atoms with Gasteiger partial charge < -0.3 is 25.4 Å². The summed E-state index contributed by atoms with van der Waals surface area (Å²) < 4.78 is 5.50. The van der Waals surface area contributed by atoms with Gasteiger partial charge in [0, 0.05) is 18.9 Å². The number of rotatable bonds is 9. The molecule has 2 atom stereocenters. The molecule has 0 bridgehead atoms. The molecule has 3 N–H and O–H groups in total. The highest BCUT2D eigenvalue weighted by Crippen LogP contribution is 2.44. The van der Waals surface area contributed by atoms with Gasteiger partial charge in [0.05, 0.1) is 0 Å². The Bertz CT molecular complexity index is 1360. The third kappa shape index (κ3) is 5.83. The zero-order valence-electron chi connectivity index (χ0n) is 21.9. The first-order valence-corrected chi connectivity index (χ1v) is 13.4. The minimum absolute atomic E-state index is 0.0985. The molecule has 0 spiro atoms. The van der Waals surface area contributed by atoms with Crippen LogP contribution < -0.4 is 10.6 Å². The van der Waals surface area contributed by atoms with Gasteiger partial charge in [-0.15, -0.1) is 0 Å². The van der Waals surface area contributed by atoms with Gasteiger partial charge in [-0.2, -0.15) is 0 Å². The van der Waals surface area contributed by atoms with E-state index in [2.05, 4.69) is 22.8 Å². The Morgan fingerprint density at radius 2 is 1.52 bits per heavy atom. The summed E-state index contributed by atoms with van der Waals surface area (Å²) in [5.74, 6) is -2.19. The normalized spacial score (nSPS) is 16.5. The second-order valence-electron chi connectivity index (χ2n) is 10.0. The quantitative estimate of drug-likeness (QED) is 0.382. The highest BCUT2D eigenvalue weighted by Gasteiger charge is 2.36. The van der Waals surface area contributed by atoms with E-state index in [9.17, 15) is 24.3 Å². The second-order valence-corrected chi connectivity index (χ2v) is 10.0. The lowest BCUT2D eigenvalue weighted by molar-refractivity contribution is -0.143. The predicted octanol–water partition coefficient (Wildman–Crippen LogP) is 3.33. The van der Waals surface area contributed by atoms with Crippen LogP contribution in [0, 0.1) is 0 Å². The fourth-order valence-corrected chi connectivity index (χ4v) is 5.55. The van der Waals surface area contributed by atoms with Crippen LogP contribution in [0.3, 0.4) is 0 Å². The van der Waals surface area contributed by atoms with Crippen molar-refractivity contribution in [3.63, 3.8) is 0 Å². The van der Waals surface area contributed by atoms with Crippen LogP contribution in [-0.4, -0.2) is 65.7 Å². The van der Waals surface area contributed by atoms with E-state index in [-0.39, 0.29) is 25.5 Å². The average Bonchev–Trinajstić information content (AvgIpc) is 3.59. The Balaban J connectivity index is 1.13. The molecule has 0 unspecified atom stereocenters. The third-order valence-corrected chi connectivity index (χ3v) is 7.50. The standard InChI is InChI=1S/C31H31N3O6/c35-28(34-16-8-15-27(34)29(36)33-26(30(37)38)17-20-9-2-1-3-10-20)18-32-31(39)40-19-25-23-13-6-4-11-21(23)22-12-5-7-14-24(22)25/h1-7,9-14,25-27H,8,15-19H2,(H,32,39)(H,33,36)(H,37,38)/t26-,27-/m0/s1. The summed E-state index contributed by atoms with van der Waals surface area (Å²) in [4.78, 5) is 51.6. The molecule has 5 rings (SSSR count). The predicted molar refractivity (Wildman–Crippen MR) is 148 cm³/mol. The minimum Gasteiger partial charge on any atom is -0.480 e.